The number of carbonyl (C=O) groups is 2. The van der Waals surface area contributed by atoms with Crippen LogP contribution in [0.1, 0.15) is 15.9 Å². The number of anilines is 1. The average Bonchev–Trinajstić information content (AvgIpc) is 2.53. The summed E-state index contributed by atoms with van der Waals surface area (Å²) in [6.07, 6.45) is 0. The molecule has 4 N–H and O–H groups in total. The number of urea groups is 1. The number of nitrogens with one attached hydrogen (secondary N) is 2. The summed E-state index contributed by atoms with van der Waals surface area (Å²) in [6.45, 7) is 0.278. The lowest BCUT2D eigenvalue weighted by Crippen LogP contribution is -2.39. The molecule has 0 atom stereocenters. The number of nitrogen functional groups attached to an aromatic ring is 1. The molecule has 0 aliphatic carbocycles. The lowest BCUT2D eigenvalue weighted by atomic mass is 10.2. The van der Waals surface area contributed by atoms with Gasteiger partial charge in [-0.05, 0) is 29.8 Å². The minimum absolute atomic E-state index is 0.263. The molecule has 0 saturated carbocycles. The molecular formula is C16H17N3O3. The fraction of sp³-hybridized carbons (Fsp3) is 0.125. The number of imide groups is 1. The number of carbonyl (C=O) groups excluding carboxylic acids is 2. The molecule has 0 spiro atoms. The van der Waals surface area contributed by atoms with Crippen LogP contribution in [-0.4, -0.2) is 19.0 Å². The number of nitrogens with two attached hydrogens (primary N) is 1. The summed E-state index contributed by atoms with van der Waals surface area (Å²) in [7, 11) is 1.57. The number of rotatable bonds is 4. The van der Waals surface area contributed by atoms with Gasteiger partial charge in [0.1, 0.15) is 5.75 Å². The van der Waals surface area contributed by atoms with Crippen molar-refractivity contribution in [3.8, 4) is 5.75 Å². The Morgan fingerprint density at radius 3 is 2.64 bits per heavy atom. The van der Waals surface area contributed by atoms with E-state index in [4.69, 9.17) is 10.5 Å². The SMILES string of the molecule is COc1cccc(CNC(=O)NC(=O)c2ccccc2N)c1. The van der Waals surface area contributed by atoms with Gasteiger partial charge in [0.15, 0.2) is 0 Å². The first-order valence-corrected chi connectivity index (χ1v) is 6.67. The zero-order valence-corrected chi connectivity index (χ0v) is 12.1. The number of amides is 3. The minimum Gasteiger partial charge on any atom is -0.497 e. The molecular weight excluding hydrogens is 282 g/mol. The van der Waals surface area contributed by atoms with E-state index in [0.29, 0.717) is 11.4 Å². The number of methoxy groups -OCH3 is 1. The first-order valence-electron chi connectivity index (χ1n) is 6.67. The molecule has 0 heterocycles. The van der Waals surface area contributed by atoms with E-state index in [1.54, 1.807) is 37.4 Å². The lowest BCUT2D eigenvalue weighted by Gasteiger charge is -2.09. The highest BCUT2D eigenvalue weighted by atomic mass is 16.5. The van der Waals surface area contributed by atoms with Crippen LogP contribution in [0.4, 0.5) is 10.5 Å². The quantitative estimate of drug-likeness (QED) is 0.752. The third kappa shape index (κ3) is 3.99. The van der Waals surface area contributed by atoms with Crippen molar-refractivity contribution in [1.82, 2.24) is 10.6 Å². The molecule has 114 valence electrons. The lowest BCUT2D eigenvalue weighted by molar-refractivity contribution is 0.0965. The van der Waals surface area contributed by atoms with Crippen molar-refractivity contribution < 1.29 is 14.3 Å². The van der Waals surface area contributed by atoms with E-state index in [1.165, 1.54) is 0 Å². The van der Waals surface area contributed by atoms with Crippen LogP contribution in [0, 0.1) is 0 Å². The normalized spacial score (nSPS) is 9.86. The highest BCUT2D eigenvalue weighted by molar-refractivity contribution is 6.07. The van der Waals surface area contributed by atoms with Gasteiger partial charge in [-0.2, -0.15) is 0 Å². The predicted molar refractivity (Wildman–Crippen MR) is 83.6 cm³/mol. The molecule has 3 amide bonds. The molecule has 6 heteroatoms. The van der Waals surface area contributed by atoms with Gasteiger partial charge >= 0.3 is 6.03 Å². The fourth-order valence-corrected chi connectivity index (χ4v) is 1.88. The third-order valence-electron chi connectivity index (χ3n) is 3.02. The molecule has 0 aromatic heterocycles. The predicted octanol–water partition coefficient (Wildman–Crippen LogP) is 1.92. The summed E-state index contributed by atoms with van der Waals surface area (Å²) in [5, 5.41) is 4.84. The average molecular weight is 299 g/mol. The van der Waals surface area contributed by atoms with Crippen LogP contribution < -0.4 is 21.1 Å². The molecule has 6 nitrogen and oxygen atoms in total. The summed E-state index contributed by atoms with van der Waals surface area (Å²) in [5.74, 6) is 0.161. The Labute approximate surface area is 128 Å². The molecule has 0 aliphatic rings. The van der Waals surface area contributed by atoms with Gasteiger partial charge in [-0.15, -0.1) is 0 Å². The fourth-order valence-electron chi connectivity index (χ4n) is 1.88. The molecule has 0 bridgehead atoms. The highest BCUT2D eigenvalue weighted by Crippen LogP contribution is 2.12. The van der Waals surface area contributed by atoms with Crippen LogP contribution in [0.5, 0.6) is 5.75 Å². The molecule has 2 rings (SSSR count). The van der Waals surface area contributed by atoms with Gasteiger partial charge in [-0.1, -0.05) is 24.3 Å². The second-order valence-corrected chi connectivity index (χ2v) is 4.58. The zero-order chi connectivity index (χ0) is 15.9. The second kappa shape index (κ2) is 7.12. The molecule has 2 aromatic rings. The van der Waals surface area contributed by atoms with Crippen LogP contribution in [0.25, 0.3) is 0 Å². The number of para-hydroxylation sites is 1. The van der Waals surface area contributed by atoms with Crippen LogP contribution in [-0.2, 0) is 6.54 Å². The first-order chi connectivity index (χ1) is 10.6. The second-order valence-electron chi connectivity index (χ2n) is 4.58. The number of hydrogen-bond donors (Lipinski definition) is 3. The molecule has 0 unspecified atom stereocenters. The summed E-state index contributed by atoms with van der Waals surface area (Å²) in [5.41, 5.74) is 7.13. The molecule has 0 fully saturated rings. The van der Waals surface area contributed by atoms with Gasteiger partial charge < -0.3 is 15.8 Å². The van der Waals surface area contributed by atoms with Crippen molar-refractivity contribution in [3.05, 3.63) is 59.7 Å². The Morgan fingerprint density at radius 1 is 1.14 bits per heavy atom. The number of ether oxygens (including phenoxy) is 1. The van der Waals surface area contributed by atoms with E-state index < -0.39 is 11.9 Å². The monoisotopic (exact) mass is 299 g/mol. The zero-order valence-electron chi connectivity index (χ0n) is 12.1. The van der Waals surface area contributed by atoms with Crippen LogP contribution in [0.3, 0.4) is 0 Å². The largest absolute Gasteiger partial charge is 0.497 e. The summed E-state index contributed by atoms with van der Waals surface area (Å²) in [4.78, 5) is 23.7. The van der Waals surface area contributed by atoms with Gasteiger partial charge in [0.05, 0.1) is 12.7 Å². The van der Waals surface area contributed by atoms with Crippen molar-refractivity contribution in [2.45, 2.75) is 6.54 Å². The summed E-state index contributed by atoms with van der Waals surface area (Å²) in [6, 6.07) is 13.2. The topological polar surface area (TPSA) is 93.5 Å². The maximum absolute atomic E-state index is 11.9. The van der Waals surface area contributed by atoms with Crippen LogP contribution in [0.2, 0.25) is 0 Å². The van der Waals surface area contributed by atoms with Gasteiger partial charge in [0.25, 0.3) is 5.91 Å². The maximum atomic E-state index is 11.9. The van der Waals surface area contributed by atoms with Crippen LogP contribution in [0.15, 0.2) is 48.5 Å². The van der Waals surface area contributed by atoms with Gasteiger partial charge in [-0.3, -0.25) is 10.1 Å². The van der Waals surface area contributed by atoms with E-state index in [0.717, 1.165) is 5.56 Å². The number of benzene rings is 2. The third-order valence-corrected chi connectivity index (χ3v) is 3.02. The smallest absolute Gasteiger partial charge is 0.321 e. The van der Waals surface area contributed by atoms with Crippen molar-refractivity contribution in [2.75, 3.05) is 12.8 Å². The van der Waals surface area contributed by atoms with E-state index in [-0.39, 0.29) is 12.1 Å². The molecule has 0 saturated heterocycles. The maximum Gasteiger partial charge on any atom is 0.321 e. The van der Waals surface area contributed by atoms with Gasteiger partial charge in [-0.25, -0.2) is 4.79 Å². The Kier molecular flexibility index (Phi) is 4.98. The molecule has 2 aromatic carbocycles. The van der Waals surface area contributed by atoms with E-state index in [9.17, 15) is 9.59 Å². The molecule has 22 heavy (non-hydrogen) atoms. The highest BCUT2D eigenvalue weighted by Gasteiger charge is 2.12. The Hall–Kier alpha value is -3.02. The van der Waals surface area contributed by atoms with Crippen molar-refractivity contribution >= 4 is 17.6 Å². The van der Waals surface area contributed by atoms with Gasteiger partial charge in [0.2, 0.25) is 0 Å². The Balaban J connectivity index is 1.90. The standard InChI is InChI=1S/C16H17N3O3/c1-22-12-6-4-5-11(9-12)10-18-16(21)19-15(20)13-7-2-3-8-14(13)17/h2-9H,10,17H2,1H3,(H2,18,19,20,21). The van der Waals surface area contributed by atoms with E-state index in [1.807, 2.05) is 18.2 Å². The van der Waals surface area contributed by atoms with Gasteiger partial charge in [0, 0.05) is 12.2 Å². The number of hydrogen-bond acceptors (Lipinski definition) is 4. The van der Waals surface area contributed by atoms with Crippen LogP contribution >= 0.6 is 0 Å². The Morgan fingerprint density at radius 2 is 1.91 bits per heavy atom. The van der Waals surface area contributed by atoms with Crippen molar-refractivity contribution in [3.63, 3.8) is 0 Å². The van der Waals surface area contributed by atoms with E-state index >= 15 is 0 Å². The Bertz CT molecular complexity index is 686. The summed E-state index contributed by atoms with van der Waals surface area (Å²) < 4.78 is 5.10. The summed E-state index contributed by atoms with van der Waals surface area (Å²) >= 11 is 0. The molecule has 0 aliphatic heterocycles. The molecule has 0 radical (unpaired) electrons. The first kappa shape index (κ1) is 15.4. The minimum atomic E-state index is -0.587. The van der Waals surface area contributed by atoms with E-state index in [2.05, 4.69) is 10.6 Å². The van der Waals surface area contributed by atoms with Crippen molar-refractivity contribution in [1.29, 1.82) is 0 Å². The van der Waals surface area contributed by atoms with Crippen molar-refractivity contribution in [2.24, 2.45) is 0 Å².